The number of hydrogen-bond acceptors (Lipinski definition) is 5. The van der Waals surface area contributed by atoms with Gasteiger partial charge in [0.15, 0.2) is 0 Å². The van der Waals surface area contributed by atoms with Crippen molar-refractivity contribution in [1.29, 1.82) is 0 Å². The van der Waals surface area contributed by atoms with E-state index in [2.05, 4.69) is 4.90 Å². The maximum atomic E-state index is 12.3. The van der Waals surface area contributed by atoms with Crippen LogP contribution in [0.5, 0.6) is 11.5 Å². The smallest absolute Gasteiger partial charge is 0.344 e. The highest BCUT2D eigenvalue weighted by Gasteiger charge is 2.11. The molecule has 1 aliphatic rings. The molecule has 0 bridgehead atoms. The Bertz CT molecular complexity index is 957. The van der Waals surface area contributed by atoms with Gasteiger partial charge in [-0.15, -0.1) is 0 Å². The van der Waals surface area contributed by atoms with Crippen LogP contribution < -0.4 is 10.4 Å². The second-order valence-corrected chi connectivity index (χ2v) is 6.53. The lowest BCUT2D eigenvalue weighted by atomic mass is 10.1. The van der Waals surface area contributed by atoms with E-state index in [1.165, 1.54) is 25.3 Å². The number of piperidine rings is 1. The first kappa shape index (κ1) is 16.0. The molecule has 1 aliphatic heterocycles. The van der Waals surface area contributed by atoms with Gasteiger partial charge in [0.2, 0.25) is 0 Å². The normalized spacial score (nSPS) is 15.7. The maximum Gasteiger partial charge on any atom is 0.344 e. The summed E-state index contributed by atoms with van der Waals surface area (Å²) in [7, 11) is 0. The number of fused-ring (bicyclic) bond motifs is 3. The van der Waals surface area contributed by atoms with Gasteiger partial charge in [0.05, 0.1) is 5.39 Å². The molecule has 0 atom stereocenters. The monoisotopic (exact) mass is 339 g/mol. The van der Waals surface area contributed by atoms with Gasteiger partial charge in [-0.05, 0) is 56.3 Å². The molecule has 1 aromatic heterocycles. The van der Waals surface area contributed by atoms with E-state index in [0.29, 0.717) is 23.3 Å². The molecule has 5 nitrogen and oxygen atoms in total. The minimum absolute atomic E-state index is 0.0765. The number of nitrogens with zero attached hydrogens (tertiary/aromatic N) is 1. The molecule has 2 heterocycles. The van der Waals surface area contributed by atoms with Gasteiger partial charge < -0.3 is 14.3 Å². The van der Waals surface area contributed by atoms with E-state index in [1.807, 2.05) is 12.1 Å². The molecular formula is C20H21NO4. The topological polar surface area (TPSA) is 62.9 Å². The van der Waals surface area contributed by atoms with E-state index in [9.17, 15) is 9.90 Å². The minimum Gasteiger partial charge on any atom is -0.508 e. The summed E-state index contributed by atoms with van der Waals surface area (Å²) in [6.45, 7) is 3.80. The average molecular weight is 339 g/mol. The lowest BCUT2D eigenvalue weighted by Crippen LogP contribution is -2.33. The number of rotatable bonds is 4. The number of benzene rings is 2. The Balaban J connectivity index is 1.57. The van der Waals surface area contributed by atoms with Crippen LogP contribution in [-0.2, 0) is 0 Å². The summed E-state index contributed by atoms with van der Waals surface area (Å²) in [5.41, 5.74) is -0.0363. The Morgan fingerprint density at radius 1 is 1.00 bits per heavy atom. The second kappa shape index (κ2) is 6.76. The van der Waals surface area contributed by atoms with Crippen LogP contribution in [0.15, 0.2) is 45.6 Å². The first-order valence-corrected chi connectivity index (χ1v) is 8.75. The van der Waals surface area contributed by atoms with Gasteiger partial charge in [-0.2, -0.15) is 0 Å². The fourth-order valence-corrected chi connectivity index (χ4v) is 3.47. The van der Waals surface area contributed by atoms with Gasteiger partial charge in [-0.25, -0.2) is 4.79 Å². The third kappa shape index (κ3) is 3.33. The van der Waals surface area contributed by atoms with Crippen LogP contribution >= 0.6 is 0 Å². The Labute approximate surface area is 145 Å². The third-order valence-corrected chi connectivity index (χ3v) is 4.79. The summed E-state index contributed by atoms with van der Waals surface area (Å²) >= 11 is 0. The zero-order chi connectivity index (χ0) is 17.2. The number of hydrogen-bond donors (Lipinski definition) is 1. The molecule has 5 heteroatoms. The van der Waals surface area contributed by atoms with Gasteiger partial charge in [-0.1, -0.05) is 6.42 Å². The molecule has 3 aromatic rings. The number of phenolic OH excluding ortho intramolecular Hbond substituents is 1. The molecule has 0 spiro atoms. The first-order chi connectivity index (χ1) is 12.2. The standard InChI is InChI=1S/C20H21NO4/c22-14-4-6-17-16-7-5-15(13-18(16)20(23)25-19(17)12-14)24-11-10-21-8-2-1-3-9-21/h4-7,12-13,22H,1-3,8-11H2. The summed E-state index contributed by atoms with van der Waals surface area (Å²) < 4.78 is 11.2. The highest BCUT2D eigenvalue weighted by atomic mass is 16.5. The Kier molecular flexibility index (Phi) is 4.32. The highest BCUT2D eigenvalue weighted by Crippen LogP contribution is 2.28. The molecule has 130 valence electrons. The largest absolute Gasteiger partial charge is 0.508 e. The second-order valence-electron chi connectivity index (χ2n) is 6.53. The molecule has 4 rings (SSSR count). The molecular weight excluding hydrogens is 318 g/mol. The van der Waals surface area contributed by atoms with Crippen molar-refractivity contribution in [1.82, 2.24) is 4.90 Å². The quantitative estimate of drug-likeness (QED) is 0.582. The van der Waals surface area contributed by atoms with Crippen LogP contribution in [0.1, 0.15) is 19.3 Å². The van der Waals surface area contributed by atoms with Crippen molar-refractivity contribution >= 4 is 21.7 Å². The van der Waals surface area contributed by atoms with Crippen molar-refractivity contribution in [3.05, 3.63) is 46.8 Å². The van der Waals surface area contributed by atoms with Crippen molar-refractivity contribution in [2.45, 2.75) is 19.3 Å². The number of likely N-dealkylation sites (tertiary alicyclic amines) is 1. The van der Waals surface area contributed by atoms with Crippen molar-refractivity contribution in [3.8, 4) is 11.5 Å². The number of ether oxygens (including phenoxy) is 1. The molecule has 0 amide bonds. The van der Waals surface area contributed by atoms with Gasteiger partial charge in [0.25, 0.3) is 0 Å². The van der Waals surface area contributed by atoms with E-state index >= 15 is 0 Å². The molecule has 2 aromatic carbocycles. The van der Waals surface area contributed by atoms with Crippen LogP contribution in [0.3, 0.4) is 0 Å². The maximum absolute atomic E-state index is 12.3. The van der Waals surface area contributed by atoms with Crippen molar-refractivity contribution in [2.24, 2.45) is 0 Å². The van der Waals surface area contributed by atoms with E-state index in [4.69, 9.17) is 9.15 Å². The van der Waals surface area contributed by atoms with Crippen molar-refractivity contribution in [3.63, 3.8) is 0 Å². The zero-order valence-electron chi connectivity index (χ0n) is 14.0. The molecule has 1 fully saturated rings. The van der Waals surface area contributed by atoms with Crippen LogP contribution in [-0.4, -0.2) is 36.2 Å². The first-order valence-electron chi connectivity index (χ1n) is 8.75. The van der Waals surface area contributed by atoms with Crippen LogP contribution in [0.25, 0.3) is 21.7 Å². The fourth-order valence-electron chi connectivity index (χ4n) is 3.47. The van der Waals surface area contributed by atoms with Gasteiger partial charge in [0.1, 0.15) is 23.7 Å². The Morgan fingerprint density at radius 3 is 2.64 bits per heavy atom. The Hall–Kier alpha value is -2.53. The summed E-state index contributed by atoms with van der Waals surface area (Å²) in [6.07, 6.45) is 3.85. The lowest BCUT2D eigenvalue weighted by Gasteiger charge is -2.26. The zero-order valence-corrected chi connectivity index (χ0v) is 14.0. The number of aromatic hydroxyl groups is 1. The average Bonchev–Trinajstić information content (AvgIpc) is 2.63. The molecule has 1 N–H and O–H groups in total. The van der Waals surface area contributed by atoms with E-state index in [-0.39, 0.29) is 5.75 Å². The molecule has 25 heavy (non-hydrogen) atoms. The van der Waals surface area contributed by atoms with Gasteiger partial charge in [-0.3, -0.25) is 4.90 Å². The highest BCUT2D eigenvalue weighted by molar-refractivity contribution is 6.04. The fraction of sp³-hybridized carbons (Fsp3) is 0.350. The summed E-state index contributed by atoms with van der Waals surface area (Å²) in [5.74, 6) is 0.752. The van der Waals surface area contributed by atoms with E-state index < -0.39 is 5.63 Å². The van der Waals surface area contributed by atoms with Crippen LogP contribution in [0, 0.1) is 0 Å². The lowest BCUT2D eigenvalue weighted by molar-refractivity contribution is 0.183. The molecule has 0 aliphatic carbocycles. The van der Waals surface area contributed by atoms with E-state index in [0.717, 1.165) is 30.4 Å². The molecule has 0 unspecified atom stereocenters. The summed E-state index contributed by atoms with van der Waals surface area (Å²) in [5, 5.41) is 11.6. The summed E-state index contributed by atoms with van der Waals surface area (Å²) in [4.78, 5) is 14.7. The van der Waals surface area contributed by atoms with Gasteiger partial charge >= 0.3 is 5.63 Å². The molecule has 0 radical (unpaired) electrons. The van der Waals surface area contributed by atoms with Crippen LogP contribution in [0.4, 0.5) is 0 Å². The SMILES string of the molecule is O=c1oc2cc(O)ccc2c2ccc(OCCN3CCCCC3)cc12. The summed E-state index contributed by atoms with van der Waals surface area (Å²) in [6, 6.07) is 10.3. The molecule has 0 saturated carbocycles. The third-order valence-electron chi connectivity index (χ3n) is 4.79. The number of phenols is 1. The molecule has 1 saturated heterocycles. The van der Waals surface area contributed by atoms with Crippen molar-refractivity contribution < 1.29 is 14.3 Å². The minimum atomic E-state index is -0.422. The van der Waals surface area contributed by atoms with Gasteiger partial charge in [0, 0.05) is 23.4 Å². The van der Waals surface area contributed by atoms with Crippen LogP contribution in [0.2, 0.25) is 0 Å². The Morgan fingerprint density at radius 2 is 1.80 bits per heavy atom. The van der Waals surface area contributed by atoms with Crippen molar-refractivity contribution in [2.75, 3.05) is 26.2 Å². The predicted molar refractivity (Wildman–Crippen MR) is 97.4 cm³/mol. The van der Waals surface area contributed by atoms with E-state index in [1.54, 1.807) is 18.2 Å². The predicted octanol–water partition coefficient (Wildman–Crippen LogP) is 3.52.